The van der Waals surface area contributed by atoms with Crippen molar-refractivity contribution in [2.24, 2.45) is 0 Å². The zero-order valence-electron chi connectivity index (χ0n) is 11.6. The van der Waals surface area contributed by atoms with Crippen LogP contribution in [-0.4, -0.2) is 9.97 Å². The molecule has 3 rings (SSSR count). The van der Waals surface area contributed by atoms with Crippen LogP contribution in [-0.2, 0) is 0 Å². The summed E-state index contributed by atoms with van der Waals surface area (Å²) in [5, 5.41) is 2.00. The lowest BCUT2D eigenvalue weighted by Crippen LogP contribution is -1.87. The second-order valence-electron chi connectivity index (χ2n) is 4.57. The van der Waals surface area contributed by atoms with Crippen LogP contribution in [0.15, 0.2) is 76.9 Å². The monoisotopic (exact) mass is 310 g/mol. The Balaban J connectivity index is 1.82. The van der Waals surface area contributed by atoms with Crippen LogP contribution >= 0.6 is 21.6 Å². The Bertz CT molecular complexity index is 715. The Morgan fingerprint density at radius 3 is 2.33 bits per heavy atom. The molecule has 0 N–H and O–H groups in total. The number of benzene rings is 1. The standard InChI is InChI=1S/C17H14N2S2/c1-13-11-15(14-7-3-2-4-8-14)19-17(12-13)21-20-16-9-5-6-10-18-16/h2-12H,1H3. The van der Waals surface area contributed by atoms with E-state index in [1.807, 2.05) is 42.6 Å². The van der Waals surface area contributed by atoms with Crippen molar-refractivity contribution >= 4 is 21.6 Å². The van der Waals surface area contributed by atoms with Crippen molar-refractivity contribution in [3.63, 3.8) is 0 Å². The zero-order chi connectivity index (χ0) is 14.5. The van der Waals surface area contributed by atoms with Gasteiger partial charge in [0.25, 0.3) is 0 Å². The van der Waals surface area contributed by atoms with Gasteiger partial charge in [0.1, 0.15) is 10.1 Å². The molecule has 2 heterocycles. The average Bonchev–Trinajstić information content (AvgIpc) is 2.54. The number of aromatic nitrogens is 2. The van der Waals surface area contributed by atoms with Crippen molar-refractivity contribution in [2.45, 2.75) is 17.0 Å². The summed E-state index contributed by atoms with van der Waals surface area (Å²) in [4.78, 5) is 9.04. The van der Waals surface area contributed by atoms with E-state index in [1.165, 1.54) is 5.56 Å². The summed E-state index contributed by atoms with van der Waals surface area (Å²) < 4.78 is 0. The fourth-order valence-electron chi connectivity index (χ4n) is 1.92. The number of nitrogens with zero attached hydrogens (tertiary/aromatic N) is 2. The highest BCUT2D eigenvalue weighted by molar-refractivity contribution is 8.76. The molecule has 2 aromatic heterocycles. The number of aryl methyl sites for hydroxylation is 1. The Labute approximate surface area is 132 Å². The molecule has 21 heavy (non-hydrogen) atoms. The number of hydrogen-bond donors (Lipinski definition) is 0. The predicted octanol–water partition coefficient (Wildman–Crippen LogP) is 5.25. The van der Waals surface area contributed by atoms with E-state index in [4.69, 9.17) is 4.98 Å². The van der Waals surface area contributed by atoms with Gasteiger partial charge in [0.05, 0.1) is 5.69 Å². The van der Waals surface area contributed by atoms with Crippen molar-refractivity contribution in [3.05, 3.63) is 72.4 Å². The van der Waals surface area contributed by atoms with Crippen molar-refractivity contribution in [1.29, 1.82) is 0 Å². The first-order valence-electron chi connectivity index (χ1n) is 6.61. The van der Waals surface area contributed by atoms with E-state index in [9.17, 15) is 0 Å². The molecule has 0 amide bonds. The Morgan fingerprint density at radius 2 is 1.57 bits per heavy atom. The first kappa shape index (κ1) is 14.2. The first-order chi connectivity index (χ1) is 10.3. The molecular weight excluding hydrogens is 296 g/mol. The Morgan fingerprint density at radius 1 is 0.810 bits per heavy atom. The maximum atomic E-state index is 4.73. The molecule has 0 aliphatic carbocycles. The van der Waals surface area contributed by atoms with Crippen molar-refractivity contribution in [1.82, 2.24) is 9.97 Å². The SMILES string of the molecule is Cc1cc(SSc2ccccn2)nc(-c2ccccc2)c1. The minimum absolute atomic E-state index is 0.993. The highest BCUT2D eigenvalue weighted by Crippen LogP contribution is 2.36. The number of hydrogen-bond acceptors (Lipinski definition) is 4. The van der Waals surface area contributed by atoms with Gasteiger partial charge in [-0.3, -0.25) is 0 Å². The maximum Gasteiger partial charge on any atom is 0.108 e. The molecule has 0 aliphatic rings. The molecule has 0 atom stereocenters. The summed E-state index contributed by atoms with van der Waals surface area (Å²) in [5.41, 5.74) is 3.37. The van der Waals surface area contributed by atoms with Crippen molar-refractivity contribution in [2.75, 3.05) is 0 Å². The summed E-state index contributed by atoms with van der Waals surface area (Å²) >= 11 is 0. The van der Waals surface area contributed by atoms with E-state index < -0.39 is 0 Å². The zero-order valence-corrected chi connectivity index (χ0v) is 13.2. The smallest absolute Gasteiger partial charge is 0.108 e. The Kier molecular flexibility index (Phi) is 4.58. The summed E-state index contributed by atoms with van der Waals surface area (Å²) in [7, 11) is 3.27. The van der Waals surface area contributed by atoms with E-state index in [1.54, 1.807) is 21.6 Å². The van der Waals surface area contributed by atoms with Crippen LogP contribution in [0.25, 0.3) is 11.3 Å². The Hall–Kier alpha value is -1.78. The lowest BCUT2D eigenvalue weighted by atomic mass is 10.1. The van der Waals surface area contributed by atoms with Crippen molar-refractivity contribution < 1.29 is 0 Å². The van der Waals surface area contributed by atoms with Crippen LogP contribution in [0.3, 0.4) is 0 Å². The van der Waals surface area contributed by atoms with Gasteiger partial charge in [-0.15, -0.1) is 0 Å². The van der Waals surface area contributed by atoms with E-state index in [0.29, 0.717) is 0 Å². The fourth-order valence-corrected chi connectivity index (χ4v) is 3.76. The third kappa shape index (κ3) is 3.86. The van der Waals surface area contributed by atoms with Crippen LogP contribution in [0.2, 0.25) is 0 Å². The van der Waals surface area contributed by atoms with Gasteiger partial charge in [-0.1, -0.05) is 36.4 Å². The first-order valence-corrected chi connectivity index (χ1v) is 8.76. The van der Waals surface area contributed by atoms with Gasteiger partial charge in [-0.25, -0.2) is 9.97 Å². The van der Waals surface area contributed by atoms with E-state index in [0.717, 1.165) is 21.3 Å². The largest absolute Gasteiger partial charge is 0.249 e. The quantitative estimate of drug-likeness (QED) is 0.615. The lowest BCUT2D eigenvalue weighted by Gasteiger charge is -2.06. The van der Waals surface area contributed by atoms with E-state index in [-0.39, 0.29) is 0 Å². The van der Waals surface area contributed by atoms with Crippen LogP contribution in [0.4, 0.5) is 0 Å². The van der Waals surface area contributed by atoms with Crippen molar-refractivity contribution in [3.8, 4) is 11.3 Å². The van der Waals surface area contributed by atoms with Crippen LogP contribution in [0, 0.1) is 6.92 Å². The van der Waals surface area contributed by atoms with Gasteiger partial charge in [-0.05, 0) is 58.3 Å². The normalized spacial score (nSPS) is 10.5. The van der Waals surface area contributed by atoms with Gasteiger partial charge < -0.3 is 0 Å². The van der Waals surface area contributed by atoms with Crippen LogP contribution in [0.5, 0.6) is 0 Å². The molecule has 0 unspecified atom stereocenters. The minimum Gasteiger partial charge on any atom is -0.249 e. The molecule has 4 heteroatoms. The summed E-state index contributed by atoms with van der Waals surface area (Å²) in [6.45, 7) is 2.10. The topological polar surface area (TPSA) is 25.8 Å². The second-order valence-corrected chi connectivity index (χ2v) is 6.74. The minimum atomic E-state index is 0.993. The summed E-state index contributed by atoms with van der Waals surface area (Å²) in [5.74, 6) is 0. The molecule has 0 bridgehead atoms. The molecule has 0 saturated heterocycles. The second kappa shape index (κ2) is 6.78. The number of rotatable bonds is 4. The average molecular weight is 310 g/mol. The molecule has 1 aromatic carbocycles. The molecule has 0 aliphatic heterocycles. The molecule has 0 saturated carbocycles. The molecule has 0 spiro atoms. The van der Waals surface area contributed by atoms with Gasteiger partial charge in [0, 0.05) is 11.8 Å². The van der Waals surface area contributed by atoms with Gasteiger partial charge in [-0.2, -0.15) is 0 Å². The number of pyridine rings is 2. The molecule has 104 valence electrons. The van der Waals surface area contributed by atoms with Gasteiger partial charge in [0.2, 0.25) is 0 Å². The van der Waals surface area contributed by atoms with Crippen LogP contribution < -0.4 is 0 Å². The molecular formula is C17H14N2S2. The highest BCUT2D eigenvalue weighted by atomic mass is 33.1. The van der Waals surface area contributed by atoms with E-state index >= 15 is 0 Å². The van der Waals surface area contributed by atoms with Gasteiger partial charge in [0.15, 0.2) is 0 Å². The fraction of sp³-hybridized carbons (Fsp3) is 0.0588. The summed E-state index contributed by atoms with van der Waals surface area (Å²) in [6.07, 6.45) is 1.81. The molecule has 2 nitrogen and oxygen atoms in total. The lowest BCUT2D eigenvalue weighted by molar-refractivity contribution is 1.12. The predicted molar refractivity (Wildman–Crippen MR) is 90.4 cm³/mol. The molecule has 0 fully saturated rings. The van der Waals surface area contributed by atoms with Crippen LogP contribution in [0.1, 0.15) is 5.56 Å². The molecule has 0 radical (unpaired) electrons. The third-order valence-corrected chi connectivity index (χ3v) is 5.02. The highest BCUT2D eigenvalue weighted by Gasteiger charge is 2.05. The van der Waals surface area contributed by atoms with E-state index in [2.05, 4.69) is 36.2 Å². The third-order valence-electron chi connectivity index (χ3n) is 2.87. The summed E-state index contributed by atoms with van der Waals surface area (Å²) in [6, 6.07) is 20.4. The van der Waals surface area contributed by atoms with Gasteiger partial charge >= 0.3 is 0 Å². The molecule has 3 aromatic rings. The maximum absolute atomic E-state index is 4.73.